The summed E-state index contributed by atoms with van der Waals surface area (Å²) in [7, 11) is 2.96. The van der Waals surface area contributed by atoms with Gasteiger partial charge in [0.2, 0.25) is 5.75 Å². The molecule has 7 heteroatoms. The van der Waals surface area contributed by atoms with Gasteiger partial charge >= 0.3 is 5.97 Å². The van der Waals surface area contributed by atoms with E-state index in [4.69, 9.17) is 19.3 Å². The van der Waals surface area contributed by atoms with Crippen LogP contribution in [0.3, 0.4) is 0 Å². The molecule has 0 radical (unpaired) electrons. The monoisotopic (exact) mass is 311 g/mol. The number of carboxylic acid groups (broad SMARTS) is 1. The van der Waals surface area contributed by atoms with Gasteiger partial charge in [0.25, 0.3) is 5.91 Å². The van der Waals surface area contributed by atoms with E-state index in [9.17, 15) is 9.59 Å². The Labute approximate surface area is 129 Å². The molecule has 1 unspecified atom stereocenters. The van der Waals surface area contributed by atoms with Crippen molar-refractivity contribution in [3.8, 4) is 17.2 Å². The molecule has 1 aromatic carbocycles. The van der Waals surface area contributed by atoms with Crippen molar-refractivity contribution < 1.29 is 28.9 Å². The second-order valence-corrected chi connectivity index (χ2v) is 4.91. The van der Waals surface area contributed by atoms with Gasteiger partial charge in [-0.25, -0.2) is 4.79 Å². The molecule has 0 aliphatic heterocycles. The lowest BCUT2D eigenvalue weighted by Gasteiger charge is -2.18. The van der Waals surface area contributed by atoms with E-state index >= 15 is 0 Å². The van der Waals surface area contributed by atoms with Gasteiger partial charge in [-0.3, -0.25) is 4.79 Å². The minimum Gasteiger partial charge on any atom is -0.493 e. The maximum atomic E-state index is 11.8. The Morgan fingerprint density at radius 1 is 1.18 bits per heavy atom. The van der Waals surface area contributed by atoms with Gasteiger partial charge in [0, 0.05) is 0 Å². The molecule has 22 heavy (non-hydrogen) atoms. The summed E-state index contributed by atoms with van der Waals surface area (Å²) in [5.41, 5.74) is 0. The zero-order valence-electron chi connectivity index (χ0n) is 13.1. The summed E-state index contributed by atoms with van der Waals surface area (Å²) in [5.74, 6) is -0.642. The maximum absolute atomic E-state index is 11.8. The van der Waals surface area contributed by atoms with Crippen LogP contribution in [0, 0.1) is 5.92 Å². The average molecular weight is 311 g/mol. The Kier molecular flexibility index (Phi) is 6.49. The van der Waals surface area contributed by atoms with Crippen LogP contribution < -0.4 is 19.5 Å². The number of carboxylic acids is 1. The number of para-hydroxylation sites is 1. The third-order valence-electron chi connectivity index (χ3n) is 2.97. The van der Waals surface area contributed by atoms with Crippen molar-refractivity contribution in [2.75, 3.05) is 20.8 Å². The van der Waals surface area contributed by atoms with Gasteiger partial charge in [0.15, 0.2) is 18.1 Å². The number of methoxy groups -OCH3 is 2. The molecule has 0 spiro atoms. The number of rotatable bonds is 8. The van der Waals surface area contributed by atoms with Crippen LogP contribution in [-0.4, -0.2) is 43.9 Å². The molecule has 0 aliphatic rings. The first-order chi connectivity index (χ1) is 10.4. The number of carbonyl (C=O) groups excluding carboxylic acids is 1. The van der Waals surface area contributed by atoms with Crippen molar-refractivity contribution in [2.24, 2.45) is 5.92 Å². The molecule has 1 atom stereocenters. The highest BCUT2D eigenvalue weighted by molar-refractivity contribution is 5.84. The fourth-order valence-corrected chi connectivity index (χ4v) is 1.84. The normalized spacial score (nSPS) is 11.7. The number of nitrogens with one attached hydrogen (secondary N) is 1. The molecular formula is C15H21NO6. The van der Waals surface area contributed by atoms with E-state index < -0.39 is 17.9 Å². The topological polar surface area (TPSA) is 94.1 Å². The number of ether oxygens (including phenoxy) is 3. The molecule has 0 aliphatic carbocycles. The second-order valence-electron chi connectivity index (χ2n) is 4.91. The first-order valence-corrected chi connectivity index (χ1v) is 6.76. The molecule has 1 rings (SSSR count). The van der Waals surface area contributed by atoms with Crippen LogP contribution in [-0.2, 0) is 9.59 Å². The molecule has 0 saturated heterocycles. The van der Waals surface area contributed by atoms with E-state index in [1.54, 1.807) is 32.0 Å². The summed E-state index contributed by atoms with van der Waals surface area (Å²) in [5, 5.41) is 11.5. The number of benzene rings is 1. The lowest BCUT2D eigenvalue weighted by Crippen LogP contribution is -2.46. The van der Waals surface area contributed by atoms with E-state index in [-0.39, 0.29) is 12.5 Å². The Morgan fingerprint density at radius 3 is 2.32 bits per heavy atom. The lowest BCUT2D eigenvalue weighted by molar-refractivity contribution is -0.143. The zero-order valence-corrected chi connectivity index (χ0v) is 13.1. The summed E-state index contributed by atoms with van der Waals surface area (Å²) in [6.07, 6.45) is 0. The van der Waals surface area contributed by atoms with Gasteiger partial charge in [0.05, 0.1) is 14.2 Å². The van der Waals surface area contributed by atoms with Gasteiger partial charge in [-0.15, -0.1) is 0 Å². The fourth-order valence-electron chi connectivity index (χ4n) is 1.84. The molecule has 0 saturated carbocycles. The number of hydrogen-bond donors (Lipinski definition) is 2. The highest BCUT2D eigenvalue weighted by Gasteiger charge is 2.23. The number of carbonyl (C=O) groups is 2. The largest absolute Gasteiger partial charge is 0.493 e. The second kappa shape index (κ2) is 8.11. The Bertz CT molecular complexity index is 529. The van der Waals surface area contributed by atoms with Crippen LogP contribution in [0.5, 0.6) is 17.2 Å². The molecule has 0 heterocycles. The predicted octanol–water partition coefficient (Wildman–Crippen LogP) is 1.31. The molecule has 2 N–H and O–H groups in total. The van der Waals surface area contributed by atoms with Crippen molar-refractivity contribution in [3.63, 3.8) is 0 Å². The van der Waals surface area contributed by atoms with E-state index in [1.807, 2.05) is 0 Å². The Balaban J connectivity index is 2.70. The Hall–Kier alpha value is -2.44. The van der Waals surface area contributed by atoms with Crippen LogP contribution in [0.2, 0.25) is 0 Å². The van der Waals surface area contributed by atoms with Gasteiger partial charge in [-0.2, -0.15) is 0 Å². The fraction of sp³-hybridized carbons (Fsp3) is 0.467. The van der Waals surface area contributed by atoms with Crippen LogP contribution in [0.4, 0.5) is 0 Å². The van der Waals surface area contributed by atoms with Crippen LogP contribution >= 0.6 is 0 Å². The van der Waals surface area contributed by atoms with Crippen LogP contribution in [0.25, 0.3) is 0 Å². The summed E-state index contributed by atoms with van der Waals surface area (Å²) in [4.78, 5) is 22.9. The van der Waals surface area contributed by atoms with Crippen molar-refractivity contribution in [3.05, 3.63) is 18.2 Å². The molecule has 0 bridgehead atoms. The van der Waals surface area contributed by atoms with Gasteiger partial charge < -0.3 is 24.6 Å². The Morgan fingerprint density at radius 2 is 1.82 bits per heavy atom. The molecular weight excluding hydrogens is 290 g/mol. The van der Waals surface area contributed by atoms with Gasteiger partial charge in [-0.05, 0) is 18.1 Å². The first-order valence-electron chi connectivity index (χ1n) is 6.76. The number of hydrogen-bond acceptors (Lipinski definition) is 5. The first kappa shape index (κ1) is 17.6. The molecule has 7 nitrogen and oxygen atoms in total. The van der Waals surface area contributed by atoms with Crippen molar-refractivity contribution >= 4 is 11.9 Å². The highest BCUT2D eigenvalue weighted by Crippen LogP contribution is 2.36. The summed E-state index contributed by atoms with van der Waals surface area (Å²) < 4.78 is 15.7. The smallest absolute Gasteiger partial charge is 0.326 e. The van der Waals surface area contributed by atoms with E-state index in [0.717, 1.165) is 0 Å². The summed E-state index contributed by atoms with van der Waals surface area (Å²) in [6, 6.07) is 4.07. The van der Waals surface area contributed by atoms with Crippen LogP contribution in [0.1, 0.15) is 13.8 Å². The zero-order chi connectivity index (χ0) is 16.7. The molecule has 0 fully saturated rings. The predicted molar refractivity (Wildman–Crippen MR) is 79.4 cm³/mol. The molecule has 1 amide bonds. The third-order valence-corrected chi connectivity index (χ3v) is 2.97. The summed E-state index contributed by atoms with van der Waals surface area (Å²) in [6.45, 7) is 3.11. The van der Waals surface area contributed by atoms with Crippen molar-refractivity contribution in [1.82, 2.24) is 5.32 Å². The van der Waals surface area contributed by atoms with E-state index in [0.29, 0.717) is 17.2 Å². The van der Waals surface area contributed by atoms with Gasteiger partial charge in [-0.1, -0.05) is 19.9 Å². The maximum Gasteiger partial charge on any atom is 0.326 e. The lowest BCUT2D eigenvalue weighted by atomic mass is 10.1. The highest BCUT2D eigenvalue weighted by atomic mass is 16.5. The van der Waals surface area contributed by atoms with E-state index in [1.165, 1.54) is 14.2 Å². The minimum atomic E-state index is -1.08. The van der Waals surface area contributed by atoms with E-state index in [2.05, 4.69) is 5.32 Å². The molecule has 0 aromatic heterocycles. The SMILES string of the molecule is COc1cccc(OCC(=O)NC(C(=O)O)C(C)C)c1OC. The molecule has 122 valence electrons. The minimum absolute atomic E-state index is 0.229. The third kappa shape index (κ3) is 4.54. The van der Waals surface area contributed by atoms with Crippen molar-refractivity contribution in [2.45, 2.75) is 19.9 Å². The standard InChI is InChI=1S/C15H21NO6/c1-9(2)13(15(18)19)16-12(17)8-22-11-7-5-6-10(20-3)14(11)21-4/h5-7,9,13H,8H2,1-4H3,(H,16,17)(H,18,19). The average Bonchev–Trinajstić information content (AvgIpc) is 2.49. The van der Waals surface area contributed by atoms with Crippen LogP contribution in [0.15, 0.2) is 18.2 Å². The number of amides is 1. The van der Waals surface area contributed by atoms with Gasteiger partial charge in [0.1, 0.15) is 6.04 Å². The summed E-state index contributed by atoms with van der Waals surface area (Å²) >= 11 is 0. The van der Waals surface area contributed by atoms with Crippen molar-refractivity contribution in [1.29, 1.82) is 0 Å². The quantitative estimate of drug-likeness (QED) is 0.752. The molecule has 1 aromatic rings. The number of aliphatic carboxylic acids is 1.